The average molecular weight is 305 g/mol. The predicted molar refractivity (Wildman–Crippen MR) is 88.3 cm³/mol. The van der Waals surface area contributed by atoms with E-state index in [4.69, 9.17) is 4.74 Å². The van der Waals surface area contributed by atoms with E-state index in [9.17, 15) is 10.2 Å². The van der Waals surface area contributed by atoms with Crippen molar-refractivity contribution in [1.29, 1.82) is 0 Å². The van der Waals surface area contributed by atoms with E-state index in [1.807, 2.05) is 19.1 Å². The molecular formula is C18H27NO3. The third kappa shape index (κ3) is 4.02. The van der Waals surface area contributed by atoms with Crippen LogP contribution in [0.2, 0.25) is 0 Å². The van der Waals surface area contributed by atoms with E-state index >= 15 is 0 Å². The van der Waals surface area contributed by atoms with Gasteiger partial charge in [0.25, 0.3) is 0 Å². The molecule has 1 heterocycles. The Morgan fingerprint density at radius 1 is 1.45 bits per heavy atom. The molecule has 1 aliphatic rings. The first-order valence-corrected chi connectivity index (χ1v) is 7.97. The van der Waals surface area contributed by atoms with E-state index < -0.39 is 0 Å². The van der Waals surface area contributed by atoms with Crippen LogP contribution in [0.3, 0.4) is 0 Å². The van der Waals surface area contributed by atoms with Crippen LogP contribution in [0.4, 0.5) is 0 Å². The van der Waals surface area contributed by atoms with Crippen LogP contribution in [0.15, 0.2) is 24.8 Å². The molecule has 2 atom stereocenters. The minimum Gasteiger partial charge on any atom is -0.507 e. The van der Waals surface area contributed by atoms with Crippen LogP contribution in [-0.2, 0) is 13.0 Å². The summed E-state index contributed by atoms with van der Waals surface area (Å²) in [6, 6.07) is 4.14. The fourth-order valence-electron chi connectivity index (χ4n) is 3.26. The fourth-order valence-corrected chi connectivity index (χ4v) is 3.26. The van der Waals surface area contributed by atoms with Crippen molar-refractivity contribution in [2.45, 2.75) is 51.3 Å². The number of rotatable bonds is 7. The normalized spacial score (nSPS) is 20.0. The second-order valence-electron chi connectivity index (χ2n) is 6.14. The van der Waals surface area contributed by atoms with Crippen molar-refractivity contribution in [2.75, 3.05) is 13.7 Å². The van der Waals surface area contributed by atoms with E-state index in [0.717, 1.165) is 42.7 Å². The van der Waals surface area contributed by atoms with Gasteiger partial charge in [0.15, 0.2) is 0 Å². The number of aliphatic hydroxyl groups excluding tert-OH is 1. The van der Waals surface area contributed by atoms with Gasteiger partial charge in [-0.3, -0.25) is 4.90 Å². The molecule has 1 aromatic carbocycles. The third-order valence-electron chi connectivity index (χ3n) is 4.33. The molecule has 0 amide bonds. The third-order valence-corrected chi connectivity index (χ3v) is 4.33. The minimum atomic E-state index is -0.291. The number of phenols is 1. The maximum Gasteiger partial charge on any atom is 0.123 e. The first-order chi connectivity index (χ1) is 10.5. The molecular weight excluding hydrogens is 278 g/mol. The number of methoxy groups -OCH3 is 1. The molecule has 0 bridgehead atoms. The van der Waals surface area contributed by atoms with E-state index in [1.54, 1.807) is 13.2 Å². The predicted octanol–water partition coefficient (Wildman–Crippen LogP) is 2.86. The molecule has 4 nitrogen and oxygen atoms in total. The molecule has 0 aliphatic carbocycles. The van der Waals surface area contributed by atoms with Gasteiger partial charge in [0, 0.05) is 23.7 Å². The van der Waals surface area contributed by atoms with Crippen LogP contribution in [0.5, 0.6) is 11.5 Å². The number of hydrogen-bond donors (Lipinski definition) is 2. The number of nitrogens with zero attached hydrogens (tertiary/aromatic N) is 1. The molecule has 0 saturated carbocycles. The number of hydrogen-bond acceptors (Lipinski definition) is 4. The lowest BCUT2D eigenvalue weighted by Crippen LogP contribution is -2.31. The molecule has 4 heteroatoms. The molecule has 0 radical (unpaired) electrons. The van der Waals surface area contributed by atoms with Gasteiger partial charge < -0.3 is 14.9 Å². The van der Waals surface area contributed by atoms with Gasteiger partial charge >= 0.3 is 0 Å². The molecule has 2 N–H and O–H groups in total. The molecule has 1 aliphatic heterocycles. The zero-order chi connectivity index (χ0) is 16.1. The van der Waals surface area contributed by atoms with Crippen molar-refractivity contribution in [1.82, 2.24) is 4.90 Å². The second kappa shape index (κ2) is 7.65. The van der Waals surface area contributed by atoms with Crippen molar-refractivity contribution in [2.24, 2.45) is 0 Å². The minimum absolute atomic E-state index is 0.291. The number of aromatic hydroxyl groups is 1. The Bertz CT molecular complexity index is 513. The largest absolute Gasteiger partial charge is 0.507 e. The number of ether oxygens (including phenoxy) is 1. The Labute approximate surface area is 133 Å². The molecule has 2 unspecified atom stereocenters. The molecule has 1 fully saturated rings. The Morgan fingerprint density at radius 3 is 2.82 bits per heavy atom. The fraction of sp³-hybridized carbons (Fsp3) is 0.556. The van der Waals surface area contributed by atoms with Gasteiger partial charge in [-0.15, -0.1) is 6.58 Å². The van der Waals surface area contributed by atoms with E-state index in [0.29, 0.717) is 24.8 Å². The summed E-state index contributed by atoms with van der Waals surface area (Å²) in [6.45, 7) is 7.27. The monoisotopic (exact) mass is 305 g/mol. The summed E-state index contributed by atoms with van der Waals surface area (Å²) in [5, 5.41) is 20.1. The van der Waals surface area contributed by atoms with Gasteiger partial charge in [0.1, 0.15) is 11.5 Å². The van der Waals surface area contributed by atoms with Gasteiger partial charge in [0.05, 0.1) is 13.2 Å². The number of aliphatic hydroxyl groups is 1. The van der Waals surface area contributed by atoms with Crippen LogP contribution >= 0.6 is 0 Å². The summed E-state index contributed by atoms with van der Waals surface area (Å²) in [4.78, 5) is 2.35. The second-order valence-corrected chi connectivity index (χ2v) is 6.14. The number of allylic oxidation sites excluding steroid dienone is 1. The summed E-state index contributed by atoms with van der Waals surface area (Å²) in [5.74, 6) is 1.10. The molecule has 0 spiro atoms. The van der Waals surface area contributed by atoms with Gasteiger partial charge in [-0.2, -0.15) is 0 Å². The van der Waals surface area contributed by atoms with Crippen LogP contribution < -0.4 is 4.74 Å². The molecule has 2 rings (SSSR count). The molecule has 122 valence electrons. The number of benzene rings is 1. The Kier molecular flexibility index (Phi) is 5.86. The van der Waals surface area contributed by atoms with Crippen molar-refractivity contribution in [3.8, 4) is 11.5 Å². The molecule has 1 saturated heterocycles. The quantitative estimate of drug-likeness (QED) is 0.761. The SMILES string of the molecule is C=CCc1cc(OC)cc(CN2CCCC2CC(C)O)c1O. The summed E-state index contributed by atoms with van der Waals surface area (Å²) in [5.41, 5.74) is 1.73. The molecule has 22 heavy (non-hydrogen) atoms. The molecule has 0 aromatic heterocycles. The topological polar surface area (TPSA) is 52.9 Å². The maximum atomic E-state index is 10.5. The summed E-state index contributed by atoms with van der Waals surface area (Å²) >= 11 is 0. The number of phenolic OH excluding ortho intramolecular Hbond substituents is 1. The lowest BCUT2D eigenvalue weighted by molar-refractivity contribution is 0.130. The zero-order valence-electron chi connectivity index (χ0n) is 13.6. The van der Waals surface area contributed by atoms with Crippen molar-refractivity contribution in [3.05, 3.63) is 35.9 Å². The lowest BCUT2D eigenvalue weighted by Gasteiger charge is -2.26. The Hall–Kier alpha value is -1.52. The zero-order valence-corrected chi connectivity index (χ0v) is 13.6. The highest BCUT2D eigenvalue weighted by Gasteiger charge is 2.26. The van der Waals surface area contributed by atoms with Crippen LogP contribution in [0.25, 0.3) is 0 Å². The van der Waals surface area contributed by atoms with E-state index in [2.05, 4.69) is 11.5 Å². The van der Waals surface area contributed by atoms with Crippen molar-refractivity contribution in [3.63, 3.8) is 0 Å². The summed E-state index contributed by atoms with van der Waals surface area (Å²) < 4.78 is 5.35. The first-order valence-electron chi connectivity index (χ1n) is 7.97. The summed E-state index contributed by atoms with van der Waals surface area (Å²) in [6.07, 6.45) is 5.14. The van der Waals surface area contributed by atoms with Crippen LogP contribution in [0.1, 0.15) is 37.3 Å². The van der Waals surface area contributed by atoms with Crippen molar-refractivity contribution < 1.29 is 14.9 Å². The van der Waals surface area contributed by atoms with E-state index in [-0.39, 0.29) is 6.10 Å². The number of likely N-dealkylation sites (tertiary alicyclic amines) is 1. The van der Waals surface area contributed by atoms with Gasteiger partial charge in [-0.25, -0.2) is 0 Å². The smallest absolute Gasteiger partial charge is 0.123 e. The average Bonchev–Trinajstić information content (AvgIpc) is 2.89. The highest BCUT2D eigenvalue weighted by molar-refractivity contribution is 5.47. The summed E-state index contributed by atoms with van der Waals surface area (Å²) in [7, 11) is 1.64. The van der Waals surface area contributed by atoms with Crippen molar-refractivity contribution >= 4 is 0 Å². The van der Waals surface area contributed by atoms with E-state index in [1.165, 1.54) is 0 Å². The highest BCUT2D eigenvalue weighted by atomic mass is 16.5. The van der Waals surface area contributed by atoms with Gasteiger partial charge in [-0.05, 0) is 51.3 Å². The Morgan fingerprint density at radius 2 is 2.18 bits per heavy atom. The van der Waals surface area contributed by atoms with Gasteiger partial charge in [-0.1, -0.05) is 6.08 Å². The lowest BCUT2D eigenvalue weighted by atomic mass is 10.0. The highest BCUT2D eigenvalue weighted by Crippen LogP contribution is 2.32. The Balaban J connectivity index is 2.20. The standard InChI is InChI=1S/C18H27NO3/c1-4-6-14-10-17(22-3)11-15(18(14)21)12-19-8-5-7-16(19)9-13(2)20/h4,10-11,13,16,20-21H,1,5-9,12H2,2-3H3. The van der Waals surface area contributed by atoms with Gasteiger partial charge in [0.2, 0.25) is 0 Å². The maximum absolute atomic E-state index is 10.5. The first kappa shape index (κ1) is 16.8. The van der Waals surface area contributed by atoms with Crippen LogP contribution in [-0.4, -0.2) is 40.9 Å². The van der Waals surface area contributed by atoms with Crippen LogP contribution in [0, 0.1) is 0 Å². The molecule has 1 aromatic rings.